The Balaban J connectivity index is 2.29. The third kappa shape index (κ3) is 2.43. The third-order valence-electron chi connectivity index (χ3n) is 3.23. The lowest BCUT2D eigenvalue weighted by molar-refractivity contribution is -0.134. The van der Waals surface area contributed by atoms with Crippen molar-refractivity contribution in [1.82, 2.24) is 4.90 Å². The van der Waals surface area contributed by atoms with E-state index in [1.165, 1.54) is 18.1 Å². The minimum Gasteiger partial charge on any atom is -0.333 e. The Bertz CT molecular complexity index is 439. The maximum absolute atomic E-state index is 12.1. The molecule has 1 aromatic rings. The fourth-order valence-electron chi connectivity index (χ4n) is 2.30. The molecule has 2 nitrogen and oxygen atoms in total. The van der Waals surface area contributed by atoms with Crippen molar-refractivity contribution in [2.75, 3.05) is 6.54 Å². The number of rotatable bonds is 1. The van der Waals surface area contributed by atoms with Crippen LogP contribution in [0.3, 0.4) is 0 Å². The predicted molar refractivity (Wildman–Crippen MR) is 70.4 cm³/mol. The number of hydrogen-bond acceptors (Lipinski definition) is 1. The maximum atomic E-state index is 12.1. The molecule has 0 fully saturated rings. The summed E-state index contributed by atoms with van der Waals surface area (Å²) in [5.41, 5.74) is 2.49. The van der Waals surface area contributed by atoms with E-state index in [9.17, 15) is 4.79 Å². The van der Waals surface area contributed by atoms with Gasteiger partial charge in [-0.25, -0.2) is 0 Å². The van der Waals surface area contributed by atoms with Crippen LogP contribution in [0.5, 0.6) is 0 Å². The zero-order chi connectivity index (χ0) is 12.6. The molecule has 0 aliphatic carbocycles. The van der Waals surface area contributed by atoms with Crippen molar-refractivity contribution < 1.29 is 4.79 Å². The molecule has 0 bridgehead atoms. The summed E-state index contributed by atoms with van der Waals surface area (Å²) in [6.45, 7) is 4.20. The molecule has 0 radical (unpaired) electrons. The molecule has 1 atom stereocenters. The average Bonchev–Trinajstić information content (AvgIpc) is 2.28. The van der Waals surface area contributed by atoms with Crippen LogP contribution in [-0.2, 0) is 11.2 Å². The van der Waals surface area contributed by atoms with E-state index >= 15 is 0 Å². The molecule has 1 heterocycles. The van der Waals surface area contributed by atoms with Crippen LogP contribution in [-0.4, -0.2) is 21.7 Å². The van der Waals surface area contributed by atoms with Crippen LogP contribution in [0.25, 0.3) is 0 Å². The van der Waals surface area contributed by atoms with Crippen molar-refractivity contribution in [2.45, 2.75) is 30.6 Å². The van der Waals surface area contributed by atoms with E-state index in [4.69, 9.17) is 23.2 Å². The highest BCUT2D eigenvalue weighted by Gasteiger charge is 2.36. The molecule has 2 rings (SSSR count). The van der Waals surface area contributed by atoms with Crippen molar-refractivity contribution in [3.05, 3.63) is 35.4 Å². The Hall–Kier alpha value is -0.730. The number of hydrogen-bond donors (Lipinski definition) is 0. The first-order chi connectivity index (χ1) is 7.91. The van der Waals surface area contributed by atoms with Crippen molar-refractivity contribution in [1.29, 1.82) is 0 Å². The zero-order valence-corrected chi connectivity index (χ0v) is 11.4. The third-order valence-corrected chi connectivity index (χ3v) is 3.55. The Kier molecular flexibility index (Phi) is 3.37. The molecule has 1 unspecified atom stereocenters. The van der Waals surface area contributed by atoms with E-state index in [1.807, 2.05) is 19.1 Å². The minimum absolute atomic E-state index is 0.0317. The number of benzene rings is 1. The molecule has 4 heteroatoms. The van der Waals surface area contributed by atoms with Crippen molar-refractivity contribution in [3.63, 3.8) is 0 Å². The lowest BCUT2D eigenvalue weighted by atomic mass is 9.93. The van der Waals surface area contributed by atoms with Gasteiger partial charge in [-0.05, 0) is 31.4 Å². The second-order valence-corrected chi connectivity index (χ2v) is 6.22. The molecule has 0 spiro atoms. The predicted octanol–water partition coefficient (Wildman–Crippen LogP) is 3.33. The highest BCUT2D eigenvalue weighted by molar-refractivity contribution is 6.57. The van der Waals surface area contributed by atoms with Crippen LogP contribution in [0.4, 0.5) is 0 Å². The second kappa shape index (κ2) is 4.51. The number of carbonyl (C=O) groups is 1. The number of halogens is 2. The van der Waals surface area contributed by atoms with Gasteiger partial charge in [-0.1, -0.05) is 47.5 Å². The van der Waals surface area contributed by atoms with Crippen LogP contribution >= 0.6 is 23.2 Å². The normalized spacial score (nSPS) is 20.0. The summed E-state index contributed by atoms with van der Waals surface area (Å²) in [6, 6.07) is 8.21. The van der Waals surface area contributed by atoms with Crippen molar-refractivity contribution in [2.24, 2.45) is 0 Å². The number of carbonyl (C=O) groups excluding carboxylic acids is 1. The molecule has 1 aliphatic heterocycles. The molecular weight excluding hydrogens is 257 g/mol. The first-order valence-electron chi connectivity index (χ1n) is 5.68. The topological polar surface area (TPSA) is 20.3 Å². The van der Waals surface area contributed by atoms with E-state index in [0.717, 1.165) is 6.42 Å². The molecule has 92 valence electrons. The molecule has 0 aromatic heterocycles. The smallest absolute Gasteiger partial charge is 0.259 e. The van der Waals surface area contributed by atoms with Gasteiger partial charge < -0.3 is 4.90 Å². The molecule has 17 heavy (non-hydrogen) atoms. The summed E-state index contributed by atoms with van der Waals surface area (Å²) < 4.78 is -1.35. The van der Waals surface area contributed by atoms with Crippen molar-refractivity contribution >= 4 is 29.1 Å². The Morgan fingerprint density at radius 3 is 2.71 bits per heavy atom. The van der Waals surface area contributed by atoms with E-state index < -0.39 is 4.33 Å². The molecule has 1 aliphatic rings. The van der Waals surface area contributed by atoms with Gasteiger partial charge in [-0.2, -0.15) is 0 Å². The highest BCUT2D eigenvalue weighted by Crippen LogP contribution is 2.33. The summed E-state index contributed by atoms with van der Waals surface area (Å²) in [6.07, 6.45) is 0.857. The van der Waals surface area contributed by atoms with Gasteiger partial charge in [0.25, 0.3) is 5.91 Å². The van der Waals surface area contributed by atoms with Crippen LogP contribution in [0.15, 0.2) is 24.3 Å². The Labute approximate surface area is 112 Å². The quantitative estimate of drug-likeness (QED) is 0.718. The molecule has 1 aromatic carbocycles. The standard InChI is InChI=1S/C13H15Cl2NO/c1-9-11-6-4-3-5-10(11)7-8-16(9)12(17)13(2,14)15/h3-6,9H,7-8H2,1-2H3. The summed E-state index contributed by atoms with van der Waals surface area (Å²) in [5.74, 6) is -0.220. The van der Waals surface area contributed by atoms with Crippen LogP contribution in [0.1, 0.15) is 31.0 Å². The summed E-state index contributed by atoms with van der Waals surface area (Å²) in [7, 11) is 0. The Morgan fingerprint density at radius 2 is 2.06 bits per heavy atom. The van der Waals surface area contributed by atoms with Gasteiger partial charge in [-0.15, -0.1) is 0 Å². The molecule has 1 amide bonds. The van der Waals surface area contributed by atoms with Crippen LogP contribution in [0.2, 0.25) is 0 Å². The van der Waals surface area contributed by atoms with E-state index in [2.05, 4.69) is 12.1 Å². The summed E-state index contributed by atoms with van der Waals surface area (Å²) >= 11 is 11.8. The van der Waals surface area contributed by atoms with Gasteiger partial charge in [0.05, 0.1) is 6.04 Å². The fourth-order valence-corrected chi connectivity index (χ4v) is 2.52. The maximum Gasteiger partial charge on any atom is 0.259 e. The number of fused-ring (bicyclic) bond motifs is 1. The first-order valence-corrected chi connectivity index (χ1v) is 6.43. The summed E-state index contributed by atoms with van der Waals surface area (Å²) in [5, 5.41) is 0. The van der Waals surface area contributed by atoms with Crippen LogP contribution < -0.4 is 0 Å². The Morgan fingerprint density at radius 1 is 1.41 bits per heavy atom. The van der Waals surface area contributed by atoms with Gasteiger partial charge in [-0.3, -0.25) is 4.79 Å². The van der Waals surface area contributed by atoms with Gasteiger partial charge in [0.15, 0.2) is 4.33 Å². The largest absolute Gasteiger partial charge is 0.333 e. The lowest BCUT2D eigenvalue weighted by Gasteiger charge is -2.37. The SMILES string of the molecule is CC1c2ccccc2CCN1C(=O)C(C)(Cl)Cl. The fraction of sp³-hybridized carbons (Fsp3) is 0.462. The summed E-state index contributed by atoms with van der Waals surface area (Å²) in [4.78, 5) is 13.9. The van der Waals surface area contributed by atoms with Gasteiger partial charge in [0.1, 0.15) is 0 Å². The molecule has 0 N–H and O–H groups in total. The van der Waals surface area contributed by atoms with E-state index in [-0.39, 0.29) is 11.9 Å². The minimum atomic E-state index is -1.35. The van der Waals surface area contributed by atoms with Gasteiger partial charge >= 0.3 is 0 Å². The lowest BCUT2D eigenvalue weighted by Crippen LogP contribution is -2.45. The van der Waals surface area contributed by atoms with Gasteiger partial charge in [0, 0.05) is 6.54 Å². The van der Waals surface area contributed by atoms with E-state index in [1.54, 1.807) is 4.90 Å². The molecule has 0 saturated carbocycles. The van der Waals surface area contributed by atoms with Crippen LogP contribution in [0, 0.1) is 0 Å². The monoisotopic (exact) mass is 271 g/mol. The average molecular weight is 272 g/mol. The molecule has 0 saturated heterocycles. The second-order valence-electron chi connectivity index (χ2n) is 4.51. The highest BCUT2D eigenvalue weighted by atomic mass is 35.5. The number of nitrogens with zero attached hydrogens (tertiary/aromatic N) is 1. The zero-order valence-electron chi connectivity index (χ0n) is 9.91. The van der Waals surface area contributed by atoms with Gasteiger partial charge in [0.2, 0.25) is 0 Å². The first kappa shape index (κ1) is 12.7. The van der Waals surface area contributed by atoms with Crippen molar-refractivity contribution in [3.8, 4) is 0 Å². The molecular formula is C13H15Cl2NO. The number of alkyl halides is 2. The van der Waals surface area contributed by atoms with E-state index in [0.29, 0.717) is 6.54 Å². The number of amides is 1.